The van der Waals surface area contributed by atoms with Gasteiger partial charge in [0.2, 0.25) is 5.91 Å². The summed E-state index contributed by atoms with van der Waals surface area (Å²) in [5.41, 5.74) is 7.29. The largest absolute Gasteiger partial charge is 0.399 e. The van der Waals surface area contributed by atoms with Crippen LogP contribution in [-0.4, -0.2) is 66.9 Å². The molecule has 21 heavy (non-hydrogen) atoms. The van der Waals surface area contributed by atoms with Gasteiger partial charge in [-0.1, -0.05) is 12.1 Å². The lowest BCUT2D eigenvalue weighted by Crippen LogP contribution is -2.53. The Hall–Kier alpha value is -2.24. The van der Waals surface area contributed by atoms with Gasteiger partial charge in [-0.05, 0) is 17.7 Å². The Morgan fingerprint density at radius 1 is 1.05 bits per heavy atom. The van der Waals surface area contributed by atoms with Gasteiger partial charge in [-0.15, -0.1) is 0 Å². The van der Waals surface area contributed by atoms with E-state index in [1.54, 1.807) is 36.0 Å². The van der Waals surface area contributed by atoms with Crippen molar-refractivity contribution in [1.29, 1.82) is 0 Å². The summed E-state index contributed by atoms with van der Waals surface area (Å²) in [6.45, 7) is 2.36. The molecule has 1 aromatic carbocycles. The molecule has 0 aromatic heterocycles. The van der Waals surface area contributed by atoms with E-state index < -0.39 is 0 Å². The molecule has 1 saturated heterocycles. The molecule has 0 spiro atoms. The summed E-state index contributed by atoms with van der Waals surface area (Å²) < 4.78 is 0. The van der Waals surface area contributed by atoms with Gasteiger partial charge in [-0.2, -0.15) is 0 Å². The van der Waals surface area contributed by atoms with Crippen molar-refractivity contribution >= 4 is 17.6 Å². The Balaban J connectivity index is 1.86. The fourth-order valence-electron chi connectivity index (χ4n) is 2.35. The van der Waals surface area contributed by atoms with E-state index in [0.29, 0.717) is 38.3 Å². The highest BCUT2D eigenvalue weighted by atomic mass is 16.2. The average Bonchev–Trinajstić information content (AvgIpc) is 2.49. The third kappa shape index (κ3) is 3.87. The molecule has 0 atom stereocenters. The number of urea groups is 1. The number of amides is 3. The SMILES string of the molecule is CN(C)C(=O)N1CCN(C(=O)Cc2ccc(N)cc2)CC1. The van der Waals surface area contributed by atoms with Crippen LogP contribution < -0.4 is 5.73 Å². The lowest BCUT2D eigenvalue weighted by Gasteiger charge is -2.36. The van der Waals surface area contributed by atoms with Crippen molar-refractivity contribution in [3.8, 4) is 0 Å². The van der Waals surface area contributed by atoms with Crippen LogP contribution in [0.25, 0.3) is 0 Å². The van der Waals surface area contributed by atoms with Gasteiger partial charge in [0.15, 0.2) is 0 Å². The Kier molecular flexibility index (Phi) is 4.67. The molecule has 6 heteroatoms. The molecule has 1 aliphatic heterocycles. The molecule has 1 aromatic rings. The van der Waals surface area contributed by atoms with Crippen LogP contribution in [0.3, 0.4) is 0 Å². The van der Waals surface area contributed by atoms with E-state index in [1.807, 2.05) is 17.0 Å². The van der Waals surface area contributed by atoms with Crippen molar-refractivity contribution in [3.63, 3.8) is 0 Å². The van der Waals surface area contributed by atoms with E-state index in [9.17, 15) is 9.59 Å². The first kappa shape index (κ1) is 15.2. The molecule has 0 bridgehead atoms. The molecule has 1 aliphatic rings. The summed E-state index contributed by atoms with van der Waals surface area (Å²) in [5.74, 6) is 0.0942. The van der Waals surface area contributed by atoms with E-state index in [1.165, 1.54) is 0 Å². The molecule has 0 unspecified atom stereocenters. The number of rotatable bonds is 2. The van der Waals surface area contributed by atoms with Crippen LogP contribution in [0.1, 0.15) is 5.56 Å². The fraction of sp³-hybridized carbons (Fsp3) is 0.467. The van der Waals surface area contributed by atoms with Crippen LogP contribution in [-0.2, 0) is 11.2 Å². The summed E-state index contributed by atoms with van der Waals surface area (Å²) in [5, 5.41) is 0. The number of carbonyl (C=O) groups is 2. The minimum Gasteiger partial charge on any atom is -0.399 e. The number of carbonyl (C=O) groups excluding carboxylic acids is 2. The normalized spacial score (nSPS) is 15.0. The van der Waals surface area contributed by atoms with E-state index in [4.69, 9.17) is 5.73 Å². The van der Waals surface area contributed by atoms with Crippen molar-refractivity contribution < 1.29 is 9.59 Å². The van der Waals surface area contributed by atoms with E-state index in [0.717, 1.165) is 5.56 Å². The molecule has 0 aliphatic carbocycles. The molecule has 2 N–H and O–H groups in total. The number of piperazine rings is 1. The highest BCUT2D eigenvalue weighted by Gasteiger charge is 2.24. The van der Waals surface area contributed by atoms with Gasteiger partial charge >= 0.3 is 6.03 Å². The van der Waals surface area contributed by atoms with Gasteiger partial charge in [-0.3, -0.25) is 4.79 Å². The molecule has 1 heterocycles. The Morgan fingerprint density at radius 3 is 2.10 bits per heavy atom. The van der Waals surface area contributed by atoms with E-state index >= 15 is 0 Å². The highest BCUT2D eigenvalue weighted by molar-refractivity contribution is 5.79. The summed E-state index contributed by atoms with van der Waals surface area (Å²) in [7, 11) is 3.47. The van der Waals surface area contributed by atoms with Crippen molar-refractivity contribution in [3.05, 3.63) is 29.8 Å². The van der Waals surface area contributed by atoms with Gasteiger partial charge < -0.3 is 20.4 Å². The number of benzene rings is 1. The van der Waals surface area contributed by atoms with Gasteiger partial charge in [-0.25, -0.2) is 4.79 Å². The van der Waals surface area contributed by atoms with Crippen molar-refractivity contribution in [1.82, 2.24) is 14.7 Å². The summed E-state index contributed by atoms with van der Waals surface area (Å²) >= 11 is 0. The maximum absolute atomic E-state index is 12.2. The Labute approximate surface area is 125 Å². The first-order valence-corrected chi connectivity index (χ1v) is 7.06. The summed E-state index contributed by atoms with van der Waals surface area (Å²) in [4.78, 5) is 29.2. The maximum atomic E-state index is 12.2. The zero-order chi connectivity index (χ0) is 15.4. The Bertz CT molecular complexity index is 505. The number of nitrogens with zero attached hydrogens (tertiary/aromatic N) is 3. The molecule has 1 fully saturated rings. The first-order chi connectivity index (χ1) is 9.97. The lowest BCUT2D eigenvalue weighted by molar-refractivity contribution is -0.131. The van der Waals surface area contributed by atoms with Crippen LogP contribution >= 0.6 is 0 Å². The fourth-order valence-corrected chi connectivity index (χ4v) is 2.35. The smallest absolute Gasteiger partial charge is 0.319 e. The minimum atomic E-state index is 0.000587. The predicted molar refractivity (Wildman–Crippen MR) is 81.8 cm³/mol. The van der Waals surface area contributed by atoms with Crippen LogP contribution in [0, 0.1) is 0 Å². The third-order valence-corrected chi connectivity index (χ3v) is 3.62. The topological polar surface area (TPSA) is 69.9 Å². The molecular formula is C15H22N4O2. The predicted octanol–water partition coefficient (Wildman–Crippen LogP) is 0.637. The molecule has 3 amide bonds. The van der Waals surface area contributed by atoms with E-state index in [-0.39, 0.29) is 11.9 Å². The quantitative estimate of drug-likeness (QED) is 0.813. The number of hydrogen-bond acceptors (Lipinski definition) is 3. The zero-order valence-corrected chi connectivity index (χ0v) is 12.6. The van der Waals surface area contributed by atoms with Crippen LogP contribution in [0.4, 0.5) is 10.5 Å². The van der Waals surface area contributed by atoms with Crippen LogP contribution in [0.2, 0.25) is 0 Å². The number of nitrogens with two attached hydrogens (primary N) is 1. The monoisotopic (exact) mass is 290 g/mol. The molecule has 0 radical (unpaired) electrons. The van der Waals surface area contributed by atoms with Gasteiger partial charge in [0, 0.05) is 46.0 Å². The second kappa shape index (κ2) is 6.47. The second-order valence-corrected chi connectivity index (χ2v) is 5.46. The lowest BCUT2D eigenvalue weighted by atomic mass is 10.1. The second-order valence-electron chi connectivity index (χ2n) is 5.46. The standard InChI is InChI=1S/C15H22N4O2/c1-17(2)15(21)19-9-7-18(8-10-19)14(20)11-12-3-5-13(16)6-4-12/h3-6H,7-11,16H2,1-2H3. The molecular weight excluding hydrogens is 268 g/mol. The van der Waals surface area contributed by atoms with Gasteiger partial charge in [0.05, 0.1) is 6.42 Å². The Morgan fingerprint density at radius 2 is 1.57 bits per heavy atom. The van der Waals surface area contributed by atoms with Crippen molar-refractivity contribution in [2.45, 2.75) is 6.42 Å². The molecule has 0 saturated carbocycles. The van der Waals surface area contributed by atoms with E-state index in [2.05, 4.69) is 0 Å². The third-order valence-electron chi connectivity index (χ3n) is 3.62. The highest BCUT2D eigenvalue weighted by Crippen LogP contribution is 2.10. The molecule has 2 rings (SSSR count). The van der Waals surface area contributed by atoms with Crippen LogP contribution in [0.5, 0.6) is 0 Å². The summed E-state index contributed by atoms with van der Waals surface area (Å²) in [6.07, 6.45) is 0.377. The number of nitrogen functional groups attached to an aromatic ring is 1. The van der Waals surface area contributed by atoms with Crippen molar-refractivity contribution in [2.75, 3.05) is 46.0 Å². The first-order valence-electron chi connectivity index (χ1n) is 7.06. The zero-order valence-electron chi connectivity index (χ0n) is 12.6. The summed E-state index contributed by atoms with van der Waals surface area (Å²) in [6, 6.07) is 7.35. The molecule has 6 nitrogen and oxygen atoms in total. The van der Waals surface area contributed by atoms with Crippen LogP contribution in [0.15, 0.2) is 24.3 Å². The minimum absolute atomic E-state index is 0.000587. The maximum Gasteiger partial charge on any atom is 0.319 e. The van der Waals surface area contributed by atoms with Crippen molar-refractivity contribution in [2.24, 2.45) is 0 Å². The van der Waals surface area contributed by atoms with Gasteiger partial charge in [0.25, 0.3) is 0 Å². The number of anilines is 1. The molecule has 114 valence electrons. The number of hydrogen-bond donors (Lipinski definition) is 1. The average molecular weight is 290 g/mol. The van der Waals surface area contributed by atoms with Gasteiger partial charge in [0.1, 0.15) is 0 Å².